The van der Waals surface area contributed by atoms with Crippen molar-refractivity contribution in [3.8, 4) is 0 Å². The maximum absolute atomic E-state index is 12.9. The van der Waals surface area contributed by atoms with Crippen molar-refractivity contribution >= 4 is 10.0 Å². The molecular formula is C22H34N2O4S. The second-order valence-corrected chi connectivity index (χ2v) is 11.2. The van der Waals surface area contributed by atoms with Crippen LogP contribution >= 0.6 is 0 Å². The molecule has 1 N–H and O–H groups in total. The minimum Gasteiger partial charge on any atom is -0.376 e. The summed E-state index contributed by atoms with van der Waals surface area (Å²) in [4.78, 5) is 12.9. The number of hydrogen-bond donors (Lipinski definition) is 1. The highest BCUT2D eigenvalue weighted by Crippen LogP contribution is 2.44. The van der Waals surface area contributed by atoms with Gasteiger partial charge in [-0.05, 0) is 83.1 Å². The molecule has 2 atom stereocenters. The Morgan fingerprint density at radius 3 is 2.34 bits per heavy atom. The van der Waals surface area contributed by atoms with Crippen LogP contribution in [-0.4, -0.2) is 37.5 Å². The normalized spacial score (nSPS) is 30.1. The Bertz CT molecular complexity index is 883. The molecule has 0 radical (unpaired) electrons. The van der Waals surface area contributed by atoms with E-state index < -0.39 is 10.0 Å². The van der Waals surface area contributed by atoms with Gasteiger partial charge in [-0.15, -0.1) is 0 Å². The smallest absolute Gasteiger partial charge is 0.254 e. The maximum atomic E-state index is 12.9. The zero-order valence-corrected chi connectivity index (χ0v) is 18.4. The predicted octanol–water partition coefficient (Wildman–Crippen LogP) is 2.94. The van der Waals surface area contributed by atoms with E-state index in [0.717, 1.165) is 30.4 Å². The van der Waals surface area contributed by atoms with Gasteiger partial charge in [0.2, 0.25) is 10.0 Å². The van der Waals surface area contributed by atoms with Crippen molar-refractivity contribution < 1.29 is 13.2 Å². The first kappa shape index (κ1) is 21.1. The van der Waals surface area contributed by atoms with Crippen LogP contribution in [-0.2, 0) is 21.2 Å². The SMILES string of the molecule is CCS(=O)(=O)N[C@H]1CCc2ccc(C)c(=O)n2[C@H]1COC1CCC(C2CC2)CC1. The van der Waals surface area contributed by atoms with E-state index in [1.54, 1.807) is 11.5 Å². The number of sulfonamides is 1. The summed E-state index contributed by atoms with van der Waals surface area (Å²) in [7, 11) is -3.35. The first-order chi connectivity index (χ1) is 13.9. The number of rotatable bonds is 7. The van der Waals surface area contributed by atoms with Gasteiger partial charge in [0.15, 0.2) is 0 Å². The monoisotopic (exact) mass is 422 g/mol. The van der Waals surface area contributed by atoms with Gasteiger partial charge in [0, 0.05) is 17.3 Å². The molecular weight excluding hydrogens is 388 g/mol. The van der Waals surface area contributed by atoms with Gasteiger partial charge in [-0.25, -0.2) is 13.1 Å². The van der Waals surface area contributed by atoms with Crippen LogP contribution in [0.15, 0.2) is 16.9 Å². The maximum Gasteiger partial charge on any atom is 0.254 e. The predicted molar refractivity (Wildman–Crippen MR) is 114 cm³/mol. The fourth-order valence-corrected chi connectivity index (χ4v) is 6.01. The lowest BCUT2D eigenvalue weighted by Gasteiger charge is -2.37. The molecule has 7 heteroatoms. The van der Waals surface area contributed by atoms with Crippen molar-refractivity contribution in [2.75, 3.05) is 12.4 Å². The molecule has 2 aliphatic carbocycles. The van der Waals surface area contributed by atoms with E-state index in [2.05, 4.69) is 4.72 Å². The van der Waals surface area contributed by atoms with E-state index >= 15 is 0 Å². The van der Waals surface area contributed by atoms with Crippen molar-refractivity contribution in [1.29, 1.82) is 0 Å². The zero-order chi connectivity index (χ0) is 20.6. The summed E-state index contributed by atoms with van der Waals surface area (Å²) < 4.78 is 35.4. The molecule has 6 nitrogen and oxygen atoms in total. The van der Waals surface area contributed by atoms with Crippen LogP contribution in [0.1, 0.15) is 69.2 Å². The number of nitrogens with one attached hydrogen (secondary N) is 1. The number of pyridine rings is 1. The lowest BCUT2D eigenvalue weighted by molar-refractivity contribution is -0.00838. The summed E-state index contributed by atoms with van der Waals surface area (Å²) in [6.07, 6.45) is 9.03. The van der Waals surface area contributed by atoms with E-state index in [0.29, 0.717) is 25.0 Å². The summed E-state index contributed by atoms with van der Waals surface area (Å²) in [6.45, 7) is 3.83. The van der Waals surface area contributed by atoms with Crippen molar-refractivity contribution in [2.45, 2.75) is 83.4 Å². The van der Waals surface area contributed by atoms with Crippen LogP contribution in [0.3, 0.4) is 0 Å². The highest BCUT2D eigenvalue weighted by atomic mass is 32.2. The number of aryl methyl sites for hydroxylation is 2. The van der Waals surface area contributed by atoms with E-state index in [9.17, 15) is 13.2 Å². The van der Waals surface area contributed by atoms with Gasteiger partial charge in [-0.2, -0.15) is 0 Å². The number of ether oxygens (including phenoxy) is 1. The third kappa shape index (κ3) is 4.78. The lowest BCUT2D eigenvalue weighted by Crippen LogP contribution is -2.50. The molecule has 4 rings (SSSR count). The van der Waals surface area contributed by atoms with Gasteiger partial charge >= 0.3 is 0 Å². The highest BCUT2D eigenvalue weighted by Gasteiger charge is 2.36. The quantitative estimate of drug-likeness (QED) is 0.733. The van der Waals surface area contributed by atoms with Crippen LogP contribution in [0.4, 0.5) is 0 Å². The lowest BCUT2D eigenvalue weighted by atomic mass is 9.84. The molecule has 162 valence electrons. The van der Waals surface area contributed by atoms with Crippen LogP contribution in [0.2, 0.25) is 0 Å². The largest absolute Gasteiger partial charge is 0.376 e. The molecule has 0 unspecified atom stereocenters. The Labute approximate surface area is 174 Å². The van der Waals surface area contributed by atoms with Crippen LogP contribution in [0, 0.1) is 18.8 Å². The summed E-state index contributed by atoms with van der Waals surface area (Å²) in [6, 6.07) is 3.25. The average Bonchev–Trinajstić information content (AvgIpc) is 3.55. The highest BCUT2D eigenvalue weighted by molar-refractivity contribution is 7.89. The second kappa shape index (κ2) is 8.52. The molecule has 1 aromatic heterocycles. The minimum atomic E-state index is -3.35. The molecule has 0 aromatic carbocycles. The van der Waals surface area contributed by atoms with E-state index in [-0.39, 0.29) is 29.5 Å². The Balaban J connectivity index is 1.50. The van der Waals surface area contributed by atoms with Crippen molar-refractivity contribution in [3.05, 3.63) is 33.7 Å². The molecule has 0 amide bonds. The number of hydrogen-bond acceptors (Lipinski definition) is 4. The van der Waals surface area contributed by atoms with Gasteiger partial charge in [-0.3, -0.25) is 4.79 Å². The first-order valence-corrected chi connectivity index (χ1v) is 12.9. The summed E-state index contributed by atoms with van der Waals surface area (Å²) in [5.41, 5.74) is 1.62. The fraction of sp³-hybridized carbons (Fsp3) is 0.773. The molecule has 2 heterocycles. The molecule has 0 bridgehead atoms. The van der Waals surface area contributed by atoms with Gasteiger partial charge < -0.3 is 9.30 Å². The number of nitrogens with zero attached hydrogens (tertiary/aromatic N) is 1. The molecule has 2 fully saturated rings. The van der Waals surface area contributed by atoms with Crippen molar-refractivity contribution in [2.24, 2.45) is 11.8 Å². The molecule has 2 saturated carbocycles. The number of aromatic nitrogens is 1. The third-order valence-electron chi connectivity index (χ3n) is 7.12. The van der Waals surface area contributed by atoms with Crippen molar-refractivity contribution in [1.82, 2.24) is 9.29 Å². The topological polar surface area (TPSA) is 77.4 Å². The standard InChI is InChI=1S/C22H34N2O4S/c1-3-29(26,27)23-20-13-10-18-9-4-15(2)22(25)24(18)21(20)14-28-19-11-7-17(8-12-19)16-5-6-16/h4,9,16-17,19-21,23H,3,5-8,10-14H2,1-2H3/t17?,19?,20-,21-/m0/s1. The molecule has 3 aliphatic rings. The third-order valence-corrected chi connectivity index (χ3v) is 8.54. The van der Waals surface area contributed by atoms with E-state index in [1.807, 2.05) is 19.1 Å². The van der Waals surface area contributed by atoms with E-state index in [1.165, 1.54) is 25.7 Å². The molecule has 1 aromatic rings. The average molecular weight is 423 g/mol. The van der Waals surface area contributed by atoms with Gasteiger partial charge in [0.1, 0.15) is 0 Å². The van der Waals surface area contributed by atoms with Crippen LogP contribution in [0.5, 0.6) is 0 Å². The molecule has 0 spiro atoms. The van der Waals surface area contributed by atoms with Gasteiger partial charge in [0.05, 0.1) is 24.5 Å². The fourth-order valence-electron chi connectivity index (χ4n) is 5.11. The summed E-state index contributed by atoms with van der Waals surface area (Å²) in [5.74, 6) is 1.87. The molecule has 1 aliphatic heterocycles. The Morgan fingerprint density at radius 1 is 1.07 bits per heavy atom. The van der Waals surface area contributed by atoms with Crippen LogP contribution < -0.4 is 10.3 Å². The molecule has 29 heavy (non-hydrogen) atoms. The Kier molecular flexibility index (Phi) is 6.19. The summed E-state index contributed by atoms with van der Waals surface area (Å²) in [5, 5.41) is 0. The number of fused-ring (bicyclic) bond motifs is 1. The molecule has 0 saturated heterocycles. The first-order valence-electron chi connectivity index (χ1n) is 11.2. The zero-order valence-electron chi connectivity index (χ0n) is 17.6. The summed E-state index contributed by atoms with van der Waals surface area (Å²) >= 11 is 0. The van der Waals surface area contributed by atoms with Gasteiger partial charge in [0.25, 0.3) is 5.56 Å². The van der Waals surface area contributed by atoms with Crippen LogP contribution in [0.25, 0.3) is 0 Å². The van der Waals surface area contributed by atoms with E-state index in [4.69, 9.17) is 4.74 Å². The van der Waals surface area contributed by atoms with Gasteiger partial charge in [-0.1, -0.05) is 6.07 Å². The Morgan fingerprint density at radius 2 is 1.72 bits per heavy atom. The minimum absolute atomic E-state index is 0.0334. The Hall–Kier alpha value is -1.18. The van der Waals surface area contributed by atoms with Crippen molar-refractivity contribution in [3.63, 3.8) is 0 Å². The second-order valence-electron chi connectivity index (χ2n) is 9.12.